The number of aliphatic hydroxyl groups is 1. The summed E-state index contributed by atoms with van der Waals surface area (Å²) in [6, 6.07) is 0. The summed E-state index contributed by atoms with van der Waals surface area (Å²) in [6.45, 7) is 8.48. The first kappa shape index (κ1) is 14.4. The van der Waals surface area contributed by atoms with Gasteiger partial charge in [-0.3, -0.25) is 4.90 Å². The summed E-state index contributed by atoms with van der Waals surface area (Å²) in [5.74, 6) is 0. The number of aliphatic hydroxyl groups excluding tert-OH is 1. The van der Waals surface area contributed by atoms with Crippen molar-refractivity contribution >= 4 is 0 Å². The summed E-state index contributed by atoms with van der Waals surface area (Å²) in [5, 5.41) is 18.4. The molecule has 2 unspecified atom stereocenters. The van der Waals surface area contributed by atoms with Gasteiger partial charge in [-0.1, -0.05) is 19.1 Å². The molecule has 0 radical (unpaired) electrons. The van der Waals surface area contributed by atoms with E-state index in [4.69, 9.17) is 4.74 Å². The number of hydrogen-bond donors (Lipinski definition) is 1. The molecule has 1 aromatic heterocycles. The van der Waals surface area contributed by atoms with Crippen LogP contribution in [-0.4, -0.2) is 57.3 Å². The van der Waals surface area contributed by atoms with Gasteiger partial charge in [0.2, 0.25) is 0 Å². The van der Waals surface area contributed by atoms with Crippen molar-refractivity contribution in [3.05, 3.63) is 11.9 Å². The number of rotatable bonds is 6. The van der Waals surface area contributed by atoms with Crippen molar-refractivity contribution in [1.82, 2.24) is 19.9 Å². The zero-order valence-corrected chi connectivity index (χ0v) is 11.8. The highest BCUT2D eigenvalue weighted by atomic mass is 16.5. The average Bonchev–Trinajstić information content (AvgIpc) is 2.87. The zero-order chi connectivity index (χ0) is 13.7. The second-order valence-corrected chi connectivity index (χ2v) is 5.04. The molecule has 0 amide bonds. The highest BCUT2D eigenvalue weighted by Crippen LogP contribution is 2.21. The minimum atomic E-state index is -0.652. The first-order chi connectivity index (χ1) is 9.26. The van der Waals surface area contributed by atoms with Gasteiger partial charge < -0.3 is 9.84 Å². The number of aromatic nitrogens is 3. The molecule has 1 aliphatic rings. The lowest BCUT2D eigenvalue weighted by molar-refractivity contribution is -0.0921. The van der Waals surface area contributed by atoms with Crippen LogP contribution in [0.4, 0.5) is 0 Å². The molecule has 1 aromatic rings. The van der Waals surface area contributed by atoms with Gasteiger partial charge in [0.25, 0.3) is 0 Å². The fourth-order valence-corrected chi connectivity index (χ4v) is 2.51. The Balaban J connectivity index is 2.01. The normalized spacial score (nSPS) is 22.6. The lowest BCUT2D eigenvalue weighted by Gasteiger charge is -2.34. The van der Waals surface area contributed by atoms with E-state index in [9.17, 15) is 5.11 Å². The van der Waals surface area contributed by atoms with Crippen LogP contribution >= 0.6 is 0 Å². The maximum atomic E-state index is 10.5. The van der Waals surface area contributed by atoms with Gasteiger partial charge in [-0.2, -0.15) is 0 Å². The Labute approximate surface area is 114 Å². The Morgan fingerprint density at radius 3 is 2.95 bits per heavy atom. The second kappa shape index (κ2) is 6.98. The second-order valence-electron chi connectivity index (χ2n) is 5.04. The molecule has 0 aliphatic carbocycles. The van der Waals surface area contributed by atoms with E-state index in [1.54, 1.807) is 10.9 Å². The fraction of sp³-hybridized carbons (Fsp3) is 0.846. The highest BCUT2D eigenvalue weighted by molar-refractivity contribution is 5.02. The van der Waals surface area contributed by atoms with Crippen molar-refractivity contribution in [2.75, 3.05) is 26.2 Å². The molecule has 1 N–H and O–H groups in total. The molecule has 6 heteroatoms. The summed E-state index contributed by atoms with van der Waals surface area (Å²) in [5.41, 5.74) is 0.755. The Morgan fingerprint density at radius 2 is 2.21 bits per heavy atom. The van der Waals surface area contributed by atoms with Crippen LogP contribution in [0.5, 0.6) is 0 Å². The SMILES string of the molecule is CCCN1CCOC(C(O)c2cnnn2CCC)C1. The maximum absolute atomic E-state index is 10.5. The lowest BCUT2D eigenvalue weighted by atomic mass is 10.1. The maximum Gasteiger partial charge on any atom is 0.125 e. The predicted octanol–water partition coefficient (Wildman–Crippen LogP) is 0.832. The van der Waals surface area contributed by atoms with Crippen LogP contribution in [0.15, 0.2) is 6.20 Å². The van der Waals surface area contributed by atoms with Gasteiger partial charge in [0.15, 0.2) is 0 Å². The van der Waals surface area contributed by atoms with Gasteiger partial charge in [-0.25, -0.2) is 4.68 Å². The van der Waals surface area contributed by atoms with Gasteiger partial charge in [0.05, 0.1) is 18.5 Å². The van der Waals surface area contributed by atoms with E-state index in [1.807, 2.05) is 0 Å². The van der Waals surface area contributed by atoms with Crippen LogP contribution < -0.4 is 0 Å². The largest absolute Gasteiger partial charge is 0.384 e. The van der Waals surface area contributed by atoms with Gasteiger partial charge in [0, 0.05) is 19.6 Å². The van der Waals surface area contributed by atoms with Crippen molar-refractivity contribution in [3.8, 4) is 0 Å². The summed E-state index contributed by atoms with van der Waals surface area (Å²) in [6.07, 6.45) is 2.90. The standard InChI is InChI=1S/C13H24N4O2/c1-3-5-16-7-8-19-12(10-16)13(18)11-9-14-15-17(11)6-4-2/h9,12-13,18H,3-8,10H2,1-2H3. The van der Waals surface area contributed by atoms with E-state index in [2.05, 4.69) is 29.1 Å². The zero-order valence-electron chi connectivity index (χ0n) is 11.8. The monoisotopic (exact) mass is 268 g/mol. The molecule has 6 nitrogen and oxygen atoms in total. The smallest absolute Gasteiger partial charge is 0.125 e. The summed E-state index contributed by atoms with van der Waals surface area (Å²) >= 11 is 0. The molecular weight excluding hydrogens is 244 g/mol. The number of aryl methyl sites for hydroxylation is 1. The van der Waals surface area contributed by atoms with Crippen LogP contribution in [0.25, 0.3) is 0 Å². The van der Waals surface area contributed by atoms with Crippen molar-refractivity contribution in [3.63, 3.8) is 0 Å². The molecule has 2 atom stereocenters. The third-order valence-corrected chi connectivity index (χ3v) is 3.46. The van der Waals surface area contributed by atoms with Crippen molar-refractivity contribution in [2.45, 2.75) is 45.4 Å². The molecule has 2 heterocycles. The van der Waals surface area contributed by atoms with E-state index in [1.165, 1.54) is 0 Å². The Kier molecular flexibility index (Phi) is 5.30. The first-order valence-corrected chi connectivity index (χ1v) is 7.16. The molecule has 19 heavy (non-hydrogen) atoms. The Morgan fingerprint density at radius 1 is 1.42 bits per heavy atom. The third kappa shape index (κ3) is 3.52. The van der Waals surface area contributed by atoms with Crippen LogP contribution in [0.2, 0.25) is 0 Å². The topological polar surface area (TPSA) is 63.4 Å². The number of ether oxygens (including phenoxy) is 1. The average molecular weight is 268 g/mol. The molecule has 0 saturated carbocycles. The molecule has 0 bridgehead atoms. The fourth-order valence-electron chi connectivity index (χ4n) is 2.51. The number of nitrogens with zero attached hydrogens (tertiary/aromatic N) is 4. The van der Waals surface area contributed by atoms with Crippen LogP contribution in [0, 0.1) is 0 Å². The van der Waals surface area contributed by atoms with E-state index in [-0.39, 0.29) is 6.10 Å². The highest BCUT2D eigenvalue weighted by Gasteiger charge is 2.29. The van der Waals surface area contributed by atoms with E-state index < -0.39 is 6.10 Å². The third-order valence-electron chi connectivity index (χ3n) is 3.46. The number of morpholine rings is 1. The van der Waals surface area contributed by atoms with Crippen molar-refractivity contribution in [2.24, 2.45) is 0 Å². The van der Waals surface area contributed by atoms with E-state index in [0.717, 1.165) is 44.7 Å². The first-order valence-electron chi connectivity index (χ1n) is 7.16. The van der Waals surface area contributed by atoms with Gasteiger partial charge in [0.1, 0.15) is 12.2 Å². The van der Waals surface area contributed by atoms with Gasteiger partial charge >= 0.3 is 0 Å². The van der Waals surface area contributed by atoms with Crippen molar-refractivity contribution < 1.29 is 9.84 Å². The van der Waals surface area contributed by atoms with Crippen molar-refractivity contribution in [1.29, 1.82) is 0 Å². The molecule has 2 rings (SSSR count). The van der Waals surface area contributed by atoms with Crippen LogP contribution in [0.3, 0.4) is 0 Å². The van der Waals surface area contributed by atoms with Crippen LogP contribution in [-0.2, 0) is 11.3 Å². The van der Waals surface area contributed by atoms with E-state index in [0.29, 0.717) is 6.61 Å². The molecule has 1 saturated heterocycles. The Bertz CT molecular complexity index is 380. The molecule has 1 aliphatic heterocycles. The number of hydrogen-bond acceptors (Lipinski definition) is 5. The quantitative estimate of drug-likeness (QED) is 0.828. The molecule has 0 spiro atoms. The minimum absolute atomic E-state index is 0.186. The Hall–Kier alpha value is -0.980. The summed E-state index contributed by atoms with van der Waals surface area (Å²) in [4.78, 5) is 2.34. The van der Waals surface area contributed by atoms with Crippen LogP contribution in [0.1, 0.15) is 38.5 Å². The summed E-state index contributed by atoms with van der Waals surface area (Å²) < 4.78 is 7.48. The lowest BCUT2D eigenvalue weighted by Crippen LogP contribution is -2.45. The van der Waals surface area contributed by atoms with E-state index >= 15 is 0 Å². The molecule has 108 valence electrons. The molecular formula is C13H24N4O2. The molecule has 0 aromatic carbocycles. The minimum Gasteiger partial charge on any atom is -0.384 e. The predicted molar refractivity (Wildman–Crippen MR) is 71.7 cm³/mol. The van der Waals surface area contributed by atoms with Gasteiger partial charge in [-0.15, -0.1) is 5.10 Å². The summed E-state index contributed by atoms with van der Waals surface area (Å²) in [7, 11) is 0. The molecule has 1 fully saturated rings. The van der Waals surface area contributed by atoms with Gasteiger partial charge in [-0.05, 0) is 19.4 Å².